The Morgan fingerprint density at radius 1 is 1.07 bits per heavy atom. The molecule has 2 rings (SSSR count). The number of rotatable bonds is 6. The molecule has 0 saturated heterocycles. The van der Waals surface area contributed by atoms with Gasteiger partial charge in [0, 0.05) is 17.7 Å². The molecule has 27 heavy (non-hydrogen) atoms. The van der Waals surface area contributed by atoms with Gasteiger partial charge in [-0.15, -0.1) is 0 Å². The summed E-state index contributed by atoms with van der Waals surface area (Å²) in [6, 6.07) is 12.9. The first-order chi connectivity index (χ1) is 12.9. The molecule has 140 valence electrons. The molecule has 2 aromatic carbocycles. The predicted molar refractivity (Wildman–Crippen MR) is 103 cm³/mol. The first-order valence-corrected chi connectivity index (χ1v) is 8.39. The Bertz CT molecular complexity index is 871. The lowest BCUT2D eigenvalue weighted by Gasteiger charge is -2.12. The van der Waals surface area contributed by atoms with Gasteiger partial charge in [0.25, 0.3) is 11.8 Å². The van der Waals surface area contributed by atoms with Gasteiger partial charge in [0.15, 0.2) is 0 Å². The lowest BCUT2D eigenvalue weighted by molar-refractivity contribution is -0.124. The van der Waals surface area contributed by atoms with Gasteiger partial charge in [-0.05, 0) is 54.8 Å². The summed E-state index contributed by atoms with van der Waals surface area (Å²) in [5.41, 5.74) is 3.84. The molecule has 0 atom stereocenters. The molecule has 0 bridgehead atoms. The fourth-order valence-corrected chi connectivity index (χ4v) is 2.36. The Kier molecular flexibility index (Phi) is 7.02. The van der Waals surface area contributed by atoms with Crippen molar-refractivity contribution in [2.45, 2.75) is 19.9 Å². The predicted octanol–water partition coefficient (Wildman–Crippen LogP) is 3.41. The number of carbonyl (C=O) groups excluding carboxylic acids is 2. The highest BCUT2D eigenvalue weighted by Crippen LogP contribution is 2.20. The molecule has 5 nitrogen and oxygen atoms in total. The van der Waals surface area contributed by atoms with Gasteiger partial charge in [0.05, 0.1) is 0 Å². The van der Waals surface area contributed by atoms with Crippen LogP contribution in [0, 0.1) is 5.82 Å². The lowest BCUT2D eigenvalue weighted by Crippen LogP contribution is -2.30. The molecule has 0 saturated carbocycles. The standard InChI is InChI=1S/C21H21FN2O3/c1-14(2)23-21(26)19(17-4-3-5-18(22)13-17)12-16-8-6-15(7-9-16)10-11-20(25)24-27/h3-14,27H,1-2H3,(H,23,26)(H,24,25). The number of carbonyl (C=O) groups is 2. The van der Waals surface area contributed by atoms with Gasteiger partial charge < -0.3 is 5.32 Å². The summed E-state index contributed by atoms with van der Waals surface area (Å²) < 4.78 is 13.6. The maximum Gasteiger partial charge on any atom is 0.267 e. The van der Waals surface area contributed by atoms with Crippen LogP contribution in [0.2, 0.25) is 0 Å². The SMILES string of the molecule is CC(C)NC(=O)C(=Cc1ccc(C=CC(=O)NO)cc1)c1cccc(F)c1. The number of hydrogen-bond donors (Lipinski definition) is 3. The molecular weight excluding hydrogens is 347 g/mol. The van der Waals surface area contributed by atoms with Crippen molar-refractivity contribution in [1.82, 2.24) is 10.8 Å². The summed E-state index contributed by atoms with van der Waals surface area (Å²) in [5, 5.41) is 11.3. The summed E-state index contributed by atoms with van der Waals surface area (Å²) in [7, 11) is 0. The zero-order valence-corrected chi connectivity index (χ0v) is 15.1. The normalized spacial score (nSPS) is 11.7. The summed E-state index contributed by atoms with van der Waals surface area (Å²) >= 11 is 0. The molecular formula is C21H21FN2O3. The van der Waals surface area contributed by atoms with Crippen LogP contribution in [-0.2, 0) is 9.59 Å². The largest absolute Gasteiger partial charge is 0.350 e. The highest BCUT2D eigenvalue weighted by Gasteiger charge is 2.13. The van der Waals surface area contributed by atoms with Gasteiger partial charge in [-0.1, -0.05) is 36.4 Å². The van der Waals surface area contributed by atoms with Crippen LogP contribution in [0.1, 0.15) is 30.5 Å². The smallest absolute Gasteiger partial charge is 0.267 e. The second-order valence-electron chi connectivity index (χ2n) is 6.17. The van der Waals surface area contributed by atoms with Crippen molar-refractivity contribution in [3.63, 3.8) is 0 Å². The molecule has 3 N–H and O–H groups in total. The Balaban J connectivity index is 2.34. The number of nitrogens with one attached hydrogen (secondary N) is 2. The van der Waals surface area contributed by atoms with Crippen LogP contribution in [0.4, 0.5) is 4.39 Å². The molecule has 0 aliphatic carbocycles. The molecule has 2 aromatic rings. The Hall–Kier alpha value is -3.25. The third kappa shape index (κ3) is 6.20. The molecule has 0 unspecified atom stereocenters. The molecule has 0 fully saturated rings. The third-order valence-electron chi connectivity index (χ3n) is 3.58. The van der Waals surface area contributed by atoms with E-state index < -0.39 is 11.7 Å². The maximum atomic E-state index is 13.6. The van der Waals surface area contributed by atoms with Gasteiger partial charge in [-0.2, -0.15) is 0 Å². The van der Waals surface area contributed by atoms with Crippen LogP contribution in [-0.4, -0.2) is 23.1 Å². The quantitative estimate of drug-likeness (QED) is 0.316. The Morgan fingerprint density at radius 3 is 2.33 bits per heavy atom. The van der Waals surface area contributed by atoms with Crippen LogP contribution in [0.25, 0.3) is 17.7 Å². The minimum atomic E-state index is -0.627. The molecule has 0 aliphatic rings. The van der Waals surface area contributed by atoms with Crippen LogP contribution in [0.3, 0.4) is 0 Å². The van der Waals surface area contributed by atoms with E-state index in [1.165, 1.54) is 29.8 Å². The second kappa shape index (κ2) is 9.45. The zero-order valence-electron chi connectivity index (χ0n) is 15.1. The molecule has 0 aliphatic heterocycles. The second-order valence-corrected chi connectivity index (χ2v) is 6.17. The zero-order chi connectivity index (χ0) is 19.8. The first kappa shape index (κ1) is 20.1. The molecule has 0 aromatic heterocycles. The van der Waals surface area contributed by atoms with E-state index in [0.717, 1.165) is 11.1 Å². The monoisotopic (exact) mass is 368 g/mol. The highest BCUT2D eigenvalue weighted by atomic mass is 19.1. The lowest BCUT2D eigenvalue weighted by atomic mass is 10.0. The molecule has 6 heteroatoms. The fourth-order valence-electron chi connectivity index (χ4n) is 2.36. The third-order valence-corrected chi connectivity index (χ3v) is 3.58. The van der Waals surface area contributed by atoms with Gasteiger partial charge in [0.1, 0.15) is 5.82 Å². The fraction of sp³-hybridized carbons (Fsp3) is 0.143. The summed E-state index contributed by atoms with van der Waals surface area (Å²) in [5.74, 6) is -1.34. The first-order valence-electron chi connectivity index (χ1n) is 8.39. The maximum absolute atomic E-state index is 13.6. The van der Waals surface area contributed by atoms with Crippen molar-refractivity contribution >= 4 is 29.5 Å². The van der Waals surface area contributed by atoms with E-state index in [2.05, 4.69) is 5.32 Å². The van der Waals surface area contributed by atoms with Crippen molar-refractivity contribution in [2.24, 2.45) is 0 Å². The molecule has 2 amide bonds. The Morgan fingerprint density at radius 2 is 1.74 bits per heavy atom. The highest BCUT2D eigenvalue weighted by molar-refractivity contribution is 6.24. The topological polar surface area (TPSA) is 78.4 Å². The van der Waals surface area contributed by atoms with Gasteiger partial charge in [-0.25, -0.2) is 9.87 Å². The average Bonchev–Trinajstić information content (AvgIpc) is 2.64. The summed E-state index contributed by atoms with van der Waals surface area (Å²) in [4.78, 5) is 23.6. The average molecular weight is 368 g/mol. The van der Waals surface area contributed by atoms with E-state index in [0.29, 0.717) is 11.1 Å². The summed E-state index contributed by atoms with van der Waals surface area (Å²) in [6.07, 6.45) is 4.41. The number of hydroxylamine groups is 1. The van der Waals surface area contributed by atoms with Crippen LogP contribution < -0.4 is 10.8 Å². The molecule has 0 spiro atoms. The van der Waals surface area contributed by atoms with E-state index in [1.54, 1.807) is 42.5 Å². The number of benzene rings is 2. The van der Waals surface area contributed by atoms with Crippen LogP contribution >= 0.6 is 0 Å². The van der Waals surface area contributed by atoms with Gasteiger partial charge >= 0.3 is 0 Å². The number of hydrogen-bond acceptors (Lipinski definition) is 3. The van der Waals surface area contributed by atoms with E-state index in [1.807, 2.05) is 13.8 Å². The number of halogens is 1. The van der Waals surface area contributed by atoms with E-state index >= 15 is 0 Å². The Labute approximate surface area is 157 Å². The minimum absolute atomic E-state index is 0.0559. The van der Waals surface area contributed by atoms with Crippen molar-refractivity contribution in [3.05, 3.63) is 77.1 Å². The van der Waals surface area contributed by atoms with Gasteiger partial charge in [0.2, 0.25) is 0 Å². The molecule has 0 heterocycles. The summed E-state index contributed by atoms with van der Waals surface area (Å²) in [6.45, 7) is 3.70. The van der Waals surface area contributed by atoms with E-state index in [9.17, 15) is 14.0 Å². The van der Waals surface area contributed by atoms with E-state index in [-0.39, 0.29) is 11.9 Å². The number of amides is 2. The molecule has 0 radical (unpaired) electrons. The van der Waals surface area contributed by atoms with Crippen molar-refractivity contribution in [3.8, 4) is 0 Å². The van der Waals surface area contributed by atoms with Crippen molar-refractivity contribution < 1.29 is 19.2 Å². The van der Waals surface area contributed by atoms with Crippen LogP contribution in [0.5, 0.6) is 0 Å². The van der Waals surface area contributed by atoms with Gasteiger partial charge in [-0.3, -0.25) is 14.8 Å². The van der Waals surface area contributed by atoms with Crippen molar-refractivity contribution in [2.75, 3.05) is 0 Å². The van der Waals surface area contributed by atoms with Crippen LogP contribution in [0.15, 0.2) is 54.6 Å². The van der Waals surface area contributed by atoms with E-state index in [4.69, 9.17) is 5.21 Å². The van der Waals surface area contributed by atoms with Crippen molar-refractivity contribution in [1.29, 1.82) is 0 Å². The minimum Gasteiger partial charge on any atom is -0.350 e.